The van der Waals surface area contributed by atoms with E-state index in [-0.39, 0.29) is 19.4 Å². The van der Waals surface area contributed by atoms with Gasteiger partial charge in [-0.05, 0) is 65.5 Å². The summed E-state index contributed by atoms with van der Waals surface area (Å²) in [6.45, 7) is 2.95. The molecule has 0 fully saturated rings. The molecule has 7 unspecified atom stereocenters. The second kappa shape index (κ2) is 22.2. The van der Waals surface area contributed by atoms with Crippen molar-refractivity contribution in [1.82, 2.24) is 26.6 Å². The number of hydrogen-bond donors (Lipinski definition) is 12. The number of rotatable bonds is 24. The van der Waals surface area contributed by atoms with E-state index in [4.69, 9.17) is 22.9 Å². The van der Waals surface area contributed by atoms with Crippen LogP contribution < -0.4 is 49.5 Å². The third-order valence-electron chi connectivity index (χ3n) is 6.67. The van der Waals surface area contributed by atoms with Gasteiger partial charge >= 0.3 is 11.9 Å². The summed E-state index contributed by atoms with van der Waals surface area (Å²) in [6, 6.07) is -9.02. The molecule has 0 aliphatic rings. The molecule has 0 radical (unpaired) electrons. The number of carbonyl (C=O) groups is 8. The summed E-state index contributed by atoms with van der Waals surface area (Å²) in [5, 5.41) is 40.3. The van der Waals surface area contributed by atoms with Gasteiger partial charge < -0.3 is 64.8 Å². The maximum Gasteiger partial charge on any atom is 0.326 e. The van der Waals surface area contributed by atoms with Crippen LogP contribution in [0.4, 0.5) is 0 Å². The van der Waals surface area contributed by atoms with E-state index in [0.29, 0.717) is 32.2 Å². The number of aliphatic hydroxyl groups excluding tert-OH is 1. The Morgan fingerprint density at radius 1 is 0.596 bits per heavy atom. The van der Waals surface area contributed by atoms with Crippen molar-refractivity contribution in [2.45, 2.75) is 108 Å². The molecule has 0 saturated heterocycles. The molecule has 0 heterocycles. The lowest BCUT2D eigenvalue weighted by atomic mass is 10.0. The van der Waals surface area contributed by atoms with Gasteiger partial charge in [-0.2, -0.15) is 0 Å². The molecule has 16 N–H and O–H groups in total. The average Bonchev–Trinajstić information content (AvgIpc) is 2.97. The topological polar surface area (TPSA) is 361 Å². The minimum atomic E-state index is -1.85. The maximum atomic E-state index is 13.2. The molecule has 0 spiro atoms. The van der Waals surface area contributed by atoms with Crippen molar-refractivity contribution in [3.63, 3.8) is 0 Å². The Morgan fingerprint density at radius 2 is 1.02 bits per heavy atom. The normalized spacial score (nSPS) is 15.4. The van der Waals surface area contributed by atoms with Gasteiger partial charge in [-0.15, -0.1) is 0 Å². The SMILES string of the molecule is CC(N)C(=O)NC(CC(N)=O)C(=O)NC(C(=O)NC(CC(=O)O)C(=O)NC(CCCCN)C(=O)NC(CCCCN)C(=O)O)C(C)O. The Morgan fingerprint density at radius 3 is 1.47 bits per heavy atom. The predicted molar refractivity (Wildman–Crippen MR) is 164 cm³/mol. The summed E-state index contributed by atoms with van der Waals surface area (Å²) in [4.78, 5) is 99.1. The van der Waals surface area contributed by atoms with E-state index in [1.54, 1.807) is 0 Å². The zero-order valence-corrected chi connectivity index (χ0v) is 26.5. The van der Waals surface area contributed by atoms with Crippen LogP contribution in [0.1, 0.15) is 65.2 Å². The summed E-state index contributed by atoms with van der Waals surface area (Å²) < 4.78 is 0. The fourth-order valence-electron chi connectivity index (χ4n) is 4.07. The van der Waals surface area contributed by atoms with Gasteiger partial charge in [0.25, 0.3) is 0 Å². The second-order valence-electron chi connectivity index (χ2n) is 10.9. The molecule has 20 nitrogen and oxygen atoms in total. The van der Waals surface area contributed by atoms with E-state index in [0.717, 1.165) is 6.92 Å². The van der Waals surface area contributed by atoms with Crippen molar-refractivity contribution in [1.29, 1.82) is 0 Å². The standard InChI is InChI=1S/C27H49N9O11/c1-13(30)22(41)34-17(11-19(31)38)25(44)36-21(14(2)37)26(45)35-18(12-20(39)40)24(43)32-15(7-3-5-9-28)23(42)33-16(27(46)47)8-4-6-10-29/h13-18,21,37H,3-12,28-30H2,1-2H3,(H2,31,38)(H,32,43)(H,33,42)(H,34,41)(H,35,45)(H,36,44)(H,39,40)(H,46,47). The van der Waals surface area contributed by atoms with Crippen LogP contribution in [-0.4, -0.2) is 118 Å². The van der Waals surface area contributed by atoms with Gasteiger partial charge in [0.1, 0.15) is 30.2 Å². The number of aliphatic hydroxyl groups is 1. The summed E-state index contributed by atoms with van der Waals surface area (Å²) in [6.07, 6.45) is -1.65. The molecule has 0 saturated carbocycles. The van der Waals surface area contributed by atoms with Crippen molar-refractivity contribution in [3.05, 3.63) is 0 Å². The molecule has 7 atom stereocenters. The Kier molecular flexibility index (Phi) is 20.1. The fraction of sp³-hybridized carbons (Fsp3) is 0.704. The van der Waals surface area contributed by atoms with Gasteiger partial charge in [-0.25, -0.2) is 4.79 Å². The van der Waals surface area contributed by atoms with E-state index in [2.05, 4.69) is 26.6 Å². The molecule has 0 aliphatic carbocycles. The van der Waals surface area contributed by atoms with Crippen molar-refractivity contribution in [3.8, 4) is 0 Å². The molecule has 0 aromatic rings. The summed E-state index contributed by atoms with van der Waals surface area (Å²) >= 11 is 0. The molecule has 6 amide bonds. The van der Waals surface area contributed by atoms with Crippen LogP contribution >= 0.6 is 0 Å². The van der Waals surface area contributed by atoms with Gasteiger partial charge in [0.2, 0.25) is 35.4 Å². The highest BCUT2D eigenvalue weighted by atomic mass is 16.4. The second-order valence-corrected chi connectivity index (χ2v) is 10.9. The molecule has 0 aliphatic heterocycles. The molecule has 0 bridgehead atoms. The summed E-state index contributed by atoms with van der Waals surface area (Å²) in [7, 11) is 0. The fourth-order valence-corrected chi connectivity index (χ4v) is 4.07. The highest BCUT2D eigenvalue weighted by molar-refractivity contribution is 5.98. The quantitative estimate of drug-likeness (QED) is 0.0426. The van der Waals surface area contributed by atoms with Crippen molar-refractivity contribution in [2.75, 3.05) is 13.1 Å². The van der Waals surface area contributed by atoms with Crippen LogP contribution in [0.5, 0.6) is 0 Å². The van der Waals surface area contributed by atoms with Crippen LogP contribution in [0.25, 0.3) is 0 Å². The van der Waals surface area contributed by atoms with Crippen LogP contribution in [0.3, 0.4) is 0 Å². The molecular formula is C27H49N9O11. The Labute approximate surface area is 271 Å². The van der Waals surface area contributed by atoms with Crippen LogP contribution in [0, 0.1) is 0 Å². The van der Waals surface area contributed by atoms with Crippen LogP contribution in [-0.2, 0) is 38.4 Å². The van der Waals surface area contributed by atoms with E-state index < -0.39 is 103 Å². The van der Waals surface area contributed by atoms with E-state index in [1.807, 2.05) is 0 Å². The zero-order valence-electron chi connectivity index (χ0n) is 26.5. The highest BCUT2D eigenvalue weighted by Crippen LogP contribution is 2.07. The molecule has 20 heteroatoms. The maximum absolute atomic E-state index is 13.2. The first-order valence-electron chi connectivity index (χ1n) is 15.0. The molecule has 0 rings (SSSR count). The van der Waals surface area contributed by atoms with E-state index in [9.17, 15) is 53.7 Å². The van der Waals surface area contributed by atoms with Crippen molar-refractivity contribution < 1.29 is 53.7 Å². The van der Waals surface area contributed by atoms with Gasteiger partial charge in [0.15, 0.2) is 0 Å². The third kappa shape index (κ3) is 17.2. The number of amides is 6. The Hall–Kier alpha value is -4.40. The number of carbonyl (C=O) groups excluding carboxylic acids is 6. The molecule has 47 heavy (non-hydrogen) atoms. The molecule has 0 aromatic carbocycles. The van der Waals surface area contributed by atoms with E-state index in [1.165, 1.54) is 6.92 Å². The number of nitrogens with one attached hydrogen (secondary N) is 5. The first-order valence-corrected chi connectivity index (χ1v) is 15.0. The lowest BCUT2D eigenvalue weighted by molar-refractivity contribution is -0.143. The summed E-state index contributed by atoms with van der Waals surface area (Å²) in [5.41, 5.74) is 21.6. The lowest BCUT2D eigenvalue weighted by Crippen LogP contribution is -2.61. The van der Waals surface area contributed by atoms with Crippen molar-refractivity contribution in [2.24, 2.45) is 22.9 Å². The Bertz CT molecular complexity index is 1100. The minimum absolute atomic E-state index is 0.0155. The minimum Gasteiger partial charge on any atom is -0.481 e. The van der Waals surface area contributed by atoms with Gasteiger partial charge in [0, 0.05) is 0 Å². The van der Waals surface area contributed by atoms with Gasteiger partial charge in [0.05, 0.1) is 25.0 Å². The van der Waals surface area contributed by atoms with E-state index >= 15 is 0 Å². The number of carboxylic acids is 2. The van der Waals surface area contributed by atoms with Crippen LogP contribution in [0.2, 0.25) is 0 Å². The van der Waals surface area contributed by atoms with Crippen molar-refractivity contribution >= 4 is 47.4 Å². The molecule has 268 valence electrons. The molecular weight excluding hydrogens is 626 g/mol. The predicted octanol–water partition coefficient (Wildman–Crippen LogP) is -5.17. The highest BCUT2D eigenvalue weighted by Gasteiger charge is 2.35. The Balaban J connectivity index is 6.02. The zero-order chi connectivity index (χ0) is 36.3. The first kappa shape index (κ1) is 42.6. The summed E-state index contributed by atoms with van der Waals surface area (Å²) in [5.74, 6) is -9.08. The number of aliphatic carboxylic acids is 2. The number of unbranched alkanes of at least 4 members (excludes halogenated alkanes) is 2. The number of carboxylic acid groups (broad SMARTS) is 2. The number of hydrogen-bond acceptors (Lipinski definition) is 12. The van der Waals surface area contributed by atoms with Gasteiger partial charge in [-0.1, -0.05) is 0 Å². The smallest absolute Gasteiger partial charge is 0.326 e. The lowest BCUT2D eigenvalue weighted by Gasteiger charge is -2.27. The first-order chi connectivity index (χ1) is 21.9. The number of nitrogens with two attached hydrogens (primary N) is 4. The average molecular weight is 676 g/mol. The number of primary amides is 1. The van der Waals surface area contributed by atoms with Gasteiger partial charge in [-0.3, -0.25) is 33.6 Å². The largest absolute Gasteiger partial charge is 0.481 e. The van der Waals surface area contributed by atoms with Crippen LogP contribution in [0.15, 0.2) is 0 Å². The third-order valence-corrected chi connectivity index (χ3v) is 6.67. The molecule has 0 aromatic heterocycles. The monoisotopic (exact) mass is 675 g/mol.